The second-order valence-corrected chi connectivity index (χ2v) is 6.39. The van der Waals surface area contributed by atoms with Crippen molar-refractivity contribution in [2.75, 3.05) is 5.32 Å². The third-order valence-electron chi connectivity index (χ3n) is 3.50. The normalized spacial score (nSPS) is 11.9. The summed E-state index contributed by atoms with van der Waals surface area (Å²) in [6.07, 6.45) is -0.894. The van der Waals surface area contributed by atoms with Crippen molar-refractivity contribution in [1.82, 2.24) is 0 Å². The molecule has 0 aliphatic rings. The summed E-state index contributed by atoms with van der Waals surface area (Å²) in [7, 11) is 0. The molecule has 0 aliphatic carbocycles. The molecule has 0 spiro atoms. The van der Waals surface area contributed by atoms with E-state index in [0.29, 0.717) is 10.7 Å². The maximum Gasteiger partial charge on any atom is 0.311 e. The van der Waals surface area contributed by atoms with Crippen LogP contribution in [0.1, 0.15) is 19.4 Å². The van der Waals surface area contributed by atoms with Crippen molar-refractivity contribution in [3.05, 3.63) is 64.9 Å². The molecule has 1 N–H and O–H groups in total. The van der Waals surface area contributed by atoms with E-state index < -0.39 is 23.8 Å². The van der Waals surface area contributed by atoms with Crippen LogP contribution in [0.4, 0.5) is 10.1 Å². The number of ether oxygens (including phenoxy) is 1. The Balaban J connectivity index is 1.99. The van der Waals surface area contributed by atoms with Crippen LogP contribution in [0, 0.1) is 11.7 Å². The van der Waals surface area contributed by atoms with Gasteiger partial charge >= 0.3 is 5.97 Å². The lowest BCUT2D eigenvalue weighted by molar-refractivity contribution is -0.156. The lowest BCUT2D eigenvalue weighted by Crippen LogP contribution is -2.37. The number of amides is 1. The number of nitrogens with one attached hydrogen (secondary N) is 1. The molecule has 2 rings (SSSR count). The van der Waals surface area contributed by atoms with Crippen LogP contribution in [-0.4, -0.2) is 18.0 Å². The summed E-state index contributed by atoms with van der Waals surface area (Å²) in [6, 6.07) is 12.2. The zero-order valence-electron chi connectivity index (χ0n) is 14.0. The van der Waals surface area contributed by atoms with Gasteiger partial charge in [0, 0.05) is 10.7 Å². The van der Waals surface area contributed by atoms with Gasteiger partial charge in [-0.1, -0.05) is 37.6 Å². The minimum Gasteiger partial charge on any atom is -0.452 e. The summed E-state index contributed by atoms with van der Waals surface area (Å²) in [4.78, 5) is 24.5. The monoisotopic (exact) mass is 363 g/mol. The number of rotatable bonds is 6. The predicted octanol–water partition coefficient (Wildman–Crippen LogP) is 4.23. The van der Waals surface area contributed by atoms with Crippen LogP contribution in [0.25, 0.3) is 0 Å². The van der Waals surface area contributed by atoms with Crippen LogP contribution in [0.15, 0.2) is 48.5 Å². The number of carbonyl (C=O) groups is 2. The molecule has 0 aliphatic heterocycles. The maximum atomic E-state index is 12.9. The molecule has 0 fully saturated rings. The van der Waals surface area contributed by atoms with Crippen LogP contribution in [0.5, 0.6) is 0 Å². The molecule has 0 saturated heterocycles. The SMILES string of the molecule is CC(C)[C@@H](OC(=O)Cc1ccc(Cl)cc1)C(=O)Nc1ccc(F)cc1. The van der Waals surface area contributed by atoms with Gasteiger partial charge in [-0.05, 0) is 47.9 Å². The van der Waals surface area contributed by atoms with Gasteiger partial charge in [-0.2, -0.15) is 0 Å². The van der Waals surface area contributed by atoms with E-state index in [1.807, 2.05) is 0 Å². The molecule has 2 aromatic rings. The number of anilines is 1. The number of hydrogen-bond donors (Lipinski definition) is 1. The van der Waals surface area contributed by atoms with E-state index in [9.17, 15) is 14.0 Å². The fraction of sp³-hybridized carbons (Fsp3) is 0.263. The molecule has 0 unspecified atom stereocenters. The number of halogens is 2. The van der Waals surface area contributed by atoms with E-state index in [-0.39, 0.29) is 12.3 Å². The second kappa shape index (κ2) is 8.62. The number of carbonyl (C=O) groups excluding carboxylic acids is 2. The van der Waals surface area contributed by atoms with E-state index in [0.717, 1.165) is 5.56 Å². The highest BCUT2D eigenvalue weighted by Crippen LogP contribution is 2.15. The second-order valence-electron chi connectivity index (χ2n) is 5.95. The predicted molar refractivity (Wildman–Crippen MR) is 94.9 cm³/mol. The Kier molecular flexibility index (Phi) is 6.53. The summed E-state index contributed by atoms with van der Waals surface area (Å²) in [5.41, 5.74) is 1.18. The zero-order chi connectivity index (χ0) is 18.4. The Bertz CT molecular complexity index is 729. The van der Waals surface area contributed by atoms with Crippen LogP contribution in [0.3, 0.4) is 0 Å². The van der Waals surface area contributed by atoms with Gasteiger partial charge in [-0.15, -0.1) is 0 Å². The number of hydrogen-bond acceptors (Lipinski definition) is 3. The number of esters is 1. The fourth-order valence-corrected chi connectivity index (χ4v) is 2.32. The van der Waals surface area contributed by atoms with Gasteiger partial charge < -0.3 is 10.1 Å². The summed E-state index contributed by atoms with van der Waals surface area (Å²) in [5.74, 6) is -1.57. The summed E-state index contributed by atoms with van der Waals surface area (Å²) < 4.78 is 18.3. The topological polar surface area (TPSA) is 55.4 Å². The van der Waals surface area contributed by atoms with E-state index >= 15 is 0 Å². The van der Waals surface area contributed by atoms with Gasteiger partial charge in [0.25, 0.3) is 5.91 Å². The minimum atomic E-state index is -0.940. The Morgan fingerprint density at radius 2 is 1.68 bits per heavy atom. The van der Waals surface area contributed by atoms with Gasteiger partial charge in [-0.25, -0.2) is 4.39 Å². The van der Waals surface area contributed by atoms with Crippen molar-refractivity contribution in [3.63, 3.8) is 0 Å². The van der Waals surface area contributed by atoms with Crippen molar-refractivity contribution >= 4 is 29.2 Å². The molecule has 0 bridgehead atoms. The zero-order valence-corrected chi connectivity index (χ0v) is 14.7. The van der Waals surface area contributed by atoms with Crippen molar-refractivity contribution in [2.24, 2.45) is 5.92 Å². The van der Waals surface area contributed by atoms with Gasteiger partial charge in [-0.3, -0.25) is 9.59 Å². The smallest absolute Gasteiger partial charge is 0.311 e. The highest BCUT2D eigenvalue weighted by Gasteiger charge is 2.26. The molecule has 1 amide bonds. The first-order valence-corrected chi connectivity index (χ1v) is 8.23. The van der Waals surface area contributed by atoms with E-state index in [1.54, 1.807) is 38.1 Å². The minimum absolute atomic E-state index is 0.0459. The lowest BCUT2D eigenvalue weighted by atomic mass is 10.1. The highest BCUT2D eigenvalue weighted by molar-refractivity contribution is 6.30. The molecule has 0 saturated carbocycles. The van der Waals surface area contributed by atoms with Gasteiger partial charge in [0.05, 0.1) is 6.42 Å². The summed E-state index contributed by atoms with van der Waals surface area (Å²) in [5, 5.41) is 3.21. The van der Waals surface area contributed by atoms with Crippen molar-refractivity contribution in [1.29, 1.82) is 0 Å². The molecular weight excluding hydrogens is 345 g/mol. The summed E-state index contributed by atoms with van der Waals surface area (Å²) >= 11 is 5.81. The molecule has 0 radical (unpaired) electrons. The molecule has 0 aromatic heterocycles. The van der Waals surface area contributed by atoms with Crippen molar-refractivity contribution < 1.29 is 18.7 Å². The van der Waals surface area contributed by atoms with Crippen LogP contribution < -0.4 is 5.32 Å². The van der Waals surface area contributed by atoms with Crippen LogP contribution >= 0.6 is 11.6 Å². The highest BCUT2D eigenvalue weighted by atomic mass is 35.5. The summed E-state index contributed by atoms with van der Waals surface area (Å²) in [6.45, 7) is 3.56. The van der Waals surface area contributed by atoms with Crippen molar-refractivity contribution in [2.45, 2.75) is 26.4 Å². The first-order chi connectivity index (χ1) is 11.8. The maximum absolute atomic E-state index is 12.9. The molecule has 2 aromatic carbocycles. The van der Waals surface area contributed by atoms with Gasteiger partial charge in [0.1, 0.15) is 5.82 Å². The quantitative estimate of drug-likeness (QED) is 0.781. The van der Waals surface area contributed by atoms with Crippen molar-refractivity contribution in [3.8, 4) is 0 Å². The molecular formula is C19H19ClFNO3. The van der Waals surface area contributed by atoms with E-state index in [4.69, 9.17) is 16.3 Å². The number of benzene rings is 2. The largest absolute Gasteiger partial charge is 0.452 e. The molecule has 0 heterocycles. The first kappa shape index (κ1) is 18.9. The van der Waals surface area contributed by atoms with Gasteiger partial charge in [0.15, 0.2) is 6.10 Å². The first-order valence-electron chi connectivity index (χ1n) is 7.85. The Hall–Kier alpha value is -2.40. The third-order valence-corrected chi connectivity index (χ3v) is 3.75. The van der Waals surface area contributed by atoms with E-state index in [1.165, 1.54) is 24.3 Å². The van der Waals surface area contributed by atoms with Crippen LogP contribution in [0.2, 0.25) is 5.02 Å². The fourth-order valence-electron chi connectivity index (χ4n) is 2.19. The third kappa shape index (κ3) is 5.87. The molecule has 25 heavy (non-hydrogen) atoms. The average molecular weight is 364 g/mol. The molecule has 132 valence electrons. The Labute approximate surface area is 150 Å². The molecule has 6 heteroatoms. The molecule has 1 atom stereocenters. The Morgan fingerprint density at radius 3 is 2.24 bits per heavy atom. The Morgan fingerprint density at radius 1 is 1.08 bits per heavy atom. The van der Waals surface area contributed by atoms with E-state index in [2.05, 4.69) is 5.32 Å². The standard InChI is InChI=1S/C19H19ClFNO3/c1-12(2)18(19(24)22-16-9-7-15(21)8-10-16)25-17(23)11-13-3-5-14(20)6-4-13/h3-10,12,18H,11H2,1-2H3,(H,22,24)/t18-/m1/s1. The molecule has 4 nitrogen and oxygen atoms in total. The van der Waals surface area contributed by atoms with Gasteiger partial charge in [0.2, 0.25) is 0 Å². The average Bonchev–Trinajstić information content (AvgIpc) is 2.56. The lowest BCUT2D eigenvalue weighted by Gasteiger charge is -2.21. The van der Waals surface area contributed by atoms with Crippen LogP contribution in [-0.2, 0) is 20.7 Å².